The summed E-state index contributed by atoms with van der Waals surface area (Å²) in [5, 5.41) is 8.94. The third-order valence-electron chi connectivity index (χ3n) is 7.82. The van der Waals surface area contributed by atoms with E-state index < -0.39 is 5.82 Å². The van der Waals surface area contributed by atoms with Gasteiger partial charge in [-0.2, -0.15) is 0 Å². The number of nitrogens with zero attached hydrogens (tertiary/aromatic N) is 6. The number of piperidine rings is 1. The number of halogens is 1. The second kappa shape index (κ2) is 8.61. The van der Waals surface area contributed by atoms with Crippen molar-refractivity contribution in [3.05, 3.63) is 65.5 Å². The molecule has 0 spiro atoms. The van der Waals surface area contributed by atoms with E-state index in [1.165, 1.54) is 12.1 Å². The van der Waals surface area contributed by atoms with Crippen LogP contribution in [0.5, 0.6) is 0 Å². The number of amides is 2. The largest absolute Gasteiger partial charge is 0.345 e. The molecule has 7 rings (SSSR count). The maximum atomic E-state index is 15.0. The molecule has 0 saturated carbocycles. The van der Waals surface area contributed by atoms with Gasteiger partial charge >= 0.3 is 6.03 Å². The number of urea groups is 1. The van der Waals surface area contributed by atoms with E-state index in [-0.39, 0.29) is 41.7 Å². The lowest BCUT2D eigenvalue weighted by Gasteiger charge is -2.32. The fourth-order valence-electron chi connectivity index (χ4n) is 6.08. The van der Waals surface area contributed by atoms with E-state index in [9.17, 15) is 14.4 Å². The number of carbonyl (C=O) groups is 3. The Labute approximate surface area is 217 Å². The lowest BCUT2D eigenvalue weighted by molar-refractivity contribution is -0.119. The molecule has 0 N–H and O–H groups in total. The van der Waals surface area contributed by atoms with Gasteiger partial charge in [-0.25, -0.2) is 9.18 Å². The summed E-state index contributed by atoms with van der Waals surface area (Å²) in [5.41, 5.74) is 2.98. The molecule has 0 bridgehead atoms. The van der Waals surface area contributed by atoms with Gasteiger partial charge in [0.1, 0.15) is 5.82 Å². The number of carbonyl (C=O) groups excluding carboxylic acids is 3. The second-order valence-corrected chi connectivity index (χ2v) is 10.2. The van der Waals surface area contributed by atoms with Crippen molar-refractivity contribution < 1.29 is 18.8 Å². The average Bonchev–Trinajstić information content (AvgIpc) is 3.54. The van der Waals surface area contributed by atoms with Crippen molar-refractivity contribution in [3.8, 4) is 0 Å². The van der Waals surface area contributed by atoms with Crippen LogP contribution in [0, 0.1) is 5.82 Å². The lowest BCUT2D eigenvalue weighted by atomic mass is 9.98. The molecule has 0 atom stereocenters. The first-order chi connectivity index (χ1) is 18.5. The first kappa shape index (κ1) is 22.8. The molecule has 1 aromatic carbocycles. The Kier molecular flexibility index (Phi) is 5.17. The molecule has 0 radical (unpaired) electrons. The Morgan fingerprint density at radius 1 is 0.895 bits per heavy atom. The van der Waals surface area contributed by atoms with Gasteiger partial charge in [-0.3, -0.25) is 14.0 Å². The van der Waals surface area contributed by atoms with E-state index in [2.05, 4.69) is 10.2 Å². The summed E-state index contributed by atoms with van der Waals surface area (Å²) < 4.78 is 18.7. The van der Waals surface area contributed by atoms with Gasteiger partial charge in [0.15, 0.2) is 23.0 Å². The zero-order chi connectivity index (χ0) is 26.0. The first-order valence-electron chi connectivity index (χ1n) is 13.0. The molecular formula is C28H25FN6O3. The molecule has 3 aliphatic rings. The summed E-state index contributed by atoms with van der Waals surface area (Å²) in [4.78, 5) is 43.3. The van der Waals surface area contributed by atoms with Crippen molar-refractivity contribution in [1.29, 1.82) is 0 Å². The third kappa shape index (κ3) is 3.47. The van der Waals surface area contributed by atoms with Crippen molar-refractivity contribution in [2.45, 2.75) is 38.8 Å². The summed E-state index contributed by atoms with van der Waals surface area (Å²) in [6, 6.07) is 8.25. The summed E-state index contributed by atoms with van der Waals surface area (Å²) in [5.74, 6) is -0.799. The van der Waals surface area contributed by atoms with E-state index in [1.54, 1.807) is 27.6 Å². The van der Waals surface area contributed by atoms with E-state index in [0.29, 0.717) is 41.1 Å². The van der Waals surface area contributed by atoms with Crippen LogP contribution in [-0.4, -0.2) is 66.2 Å². The number of likely N-dealkylation sites (tertiary alicyclic amines) is 1. The second-order valence-electron chi connectivity index (χ2n) is 10.2. The van der Waals surface area contributed by atoms with Crippen LogP contribution in [0.25, 0.3) is 27.7 Å². The highest BCUT2D eigenvalue weighted by atomic mass is 19.1. The van der Waals surface area contributed by atoms with Crippen molar-refractivity contribution >= 4 is 45.3 Å². The lowest BCUT2D eigenvalue weighted by Crippen LogP contribution is -2.45. The van der Waals surface area contributed by atoms with Crippen LogP contribution in [0.4, 0.5) is 9.18 Å². The normalized spacial score (nSPS) is 18.2. The Morgan fingerprint density at radius 2 is 1.71 bits per heavy atom. The number of hydrogen-bond donors (Lipinski definition) is 0. The van der Waals surface area contributed by atoms with Crippen LogP contribution in [0.2, 0.25) is 0 Å². The molecule has 1 aliphatic carbocycles. The van der Waals surface area contributed by atoms with E-state index in [1.807, 2.05) is 21.7 Å². The van der Waals surface area contributed by atoms with Gasteiger partial charge in [-0.05, 0) is 49.1 Å². The number of rotatable bonds is 2. The zero-order valence-corrected chi connectivity index (χ0v) is 20.7. The predicted octanol–water partition coefficient (Wildman–Crippen LogP) is 3.70. The van der Waals surface area contributed by atoms with Crippen LogP contribution in [0.15, 0.2) is 42.7 Å². The molecule has 2 aliphatic heterocycles. The van der Waals surface area contributed by atoms with Crippen molar-refractivity contribution in [2.75, 3.05) is 19.6 Å². The number of benzene rings is 1. The van der Waals surface area contributed by atoms with Gasteiger partial charge in [-0.1, -0.05) is 6.07 Å². The van der Waals surface area contributed by atoms with Crippen molar-refractivity contribution in [1.82, 2.24) is 29.0 Å². The monoisotopic (exact) mass is 512 g/mol. The zero-order valence-electron chi connectivity index (χ0n) is 20.7. The van der Waals surface area contributed by atoms with Crippen LogP contribution in [0.1, 0.15) is 42.6 Å². The number of aromatic nitrogens is 4. The Bertz CT molecular complexity index is 1690. The number of pyridine rings is 1. The Balaban J connectivity index is 1.37. The van der Waals surface area contributed by atoms with E-state index in [0.717, 1.165) is 37.9 Å². The fourth-order valence-corrected chi connectivity index (χ4v) is 6.08. The van der Waals surface area contributed by atoms with Gasteiger partial charge in [0.2, 0.25) is 0 Å². The quantitative estimate of drug-likeness (QED) is 0.382. The maximum absolute atomic E-state index is 15.0. The van der Waals surface area contributed by atoms with Gasteiger partial charge in [-0.15, -0.1) is 10.2 Å². The summed E-state index contributed by atoms with van der Waals surface area (Å²) in [7, 11) is 0. The summed E-state index contributed by atoms with van der Waals surface area (Å²) in [6.45, 7) is 2.72. The van der Waals surface area contributed by atoms with Crippen LogP contribution < -0.4 is 0 Å². The number of ketones is 2. The topological polar surface area (TPSA) is 92.8 Å². The molecule has 192 valence electrons. The number of Topliss-reactive ketones (excluding diaryl/α,β-unsaturated/α-hetero) is 2. The average molecular weight is 513 g/mol. The molecule has 4 aromatic rings. The Hall–Kier alpha value is -4.34. The van der Waals surface area contributed by atoms with Crippen molar-refractivity contribution in [3.63, 3.8) is 0 Å². The van der Waals surface area contributed by atoms with Gasteiger partial charge in [0.05, 0.1) is 17.5 Å². The number of hydrogen-bond acceptors (Lipinski definition) is 5. The number of fused-ring (bicyclic) bond motifs is 1. The molecular weight excluding hydrogens is 487 g/mol. The molecule has 1 fully saturated rings. The van der Waals surface area contributed by atoms with Crippen LogP contribution in [0.3, 0.4) is 0 Å². The molecule has 9 nitrogen and oxygen atoms in total. The molecule has 38 heavy (non-hydrogen) atoms. The van der Waals surface area contributed by atoms with Gasteiger partial charge in [0.25, 0.3) is 0 Å². The minimum atomic E-state index is -0.453. The SMILES string of the molecule is O=C1CC(=O)C(c2nnc3ccccn23)=C1c1cn2c3c(cc(F)cc13)CN(C(=O)N1CCCCC1)CC2. The molecule has 10 heteroatoms. The van der Waals surface area contributed by atoms with Gasteiger partial charge in [0, 0.05) is 61.6 Å². The van der Waals surface area contributed by atoms with E-state index in [4.69, 9.17) is 0 Å². The highest BCUT2D eigenvalue weighted by Gasteiger charge is 2.37. The number of allylic oxidation sites excluding steroid dienone is 2. The summed E-state index contributed by atoms with van der Waals surface area (Å²) in [6.07, 6.45) is 6.43. The molecule has 3 aromatic heterocycles. The van der Waals surface area contributed by atoms with Gasteiger partial charge < -0.3 is 14.4 Å². The molecule has 0 unspecified atom stereocenters. The first-order valence-corrected chi connectivity index (χ1v) is 13.0. The minimum Gasteiger partial charge on any atom is -0.345 e. The molecule has 2 amide bonds. The van der Waals surface area contributed by atoms with Crippen LogP contribution in [-0.2, 0) is 22.7 Å². The highest BCUT2D eigenvalue weighted by molar-refractivity contribution is 6.51. The Morgan fingerprint density at radius 3 is 2.55 bits per heavy atom. The smallest absolute Gasteiger partial charge is 0.320 e. The van der Waals surface area contributed by atoms with Crippen molar-refractivity contribution in [2.24, 2.45) is 0 Å². The highest BCUT2D eigenvalue weighted by Crippen LogP contribution is 2.40. The fraction of sp³-hybridized carbons (Fsp3) is 0.321. The summed E-state index contributed by atoms with van der Waals surface area (Å²) >= 11 is 0. The van der Waals surface area contributed by atoms with Crippen LogP contribution >= 0.6 is 0 Å². The third-order valence-corrected chi connectivity index (χ3v) is 7.82. The van der Waals surface area contributed by atoms with E-state index >= 15 is 4.39 Å². The predicted molar refractivity (Wildman–Crippen MR) is 138 cm³/mol. The minimum absolute atomic E-state index is 0.0201. The molecule has 5 heterocycles. The molecule has 1 saturated heterocycles. The standard InChI is InChI=1S/C28H25FN6O3/c29-18-12-17-15-34(28(38)32-7-3-1-4-8-32)11-10-33-16-20(19(13-18)26(17)33)24-21(36)14-22(37)25(24)27-31-30-23-6-2-5-9-35(23)27/h2,5-6,9,12-13,16H,1,3-4,7-8,10-11,14-15H2. The maximum Gasteiger partial charge on any atom is 0.320 e.